The summed E-state index contributed by atoms with van der Waals surface area (Å²) in [6.45, 7) is 4.43. The number of allylic oxidation sites excluding steroid dienone is 2. The van der Waals surface area contributed by atoms with Gasteiger partial charge in [-0.15, -0.1) is 0 Å². The third-order valence-corrected chi connectivity index (χ3v) is 11.3. The first-order valence-electron chi connectivity index (χ1n) is 23.4. The number of carbonyl (C=O) groups excluding carboxylic acids is 2. The number of rotatable bonds is 43. The van der Waals surface area contributed by atoms with Crippen LogP contribution in [-0.2, 0) is 32.7 Å². The smallest absolute Gasteiger partial charge is 0.462 e. The van der Waals surface area contributed by atoms with Crippen LogP contribution < -0.4 is 0 Å². The molecule has 9 nitrogen and oxygen atoms in total. The summed E-state index contributed by atoms with van der Waals surface area (Å²) in [5, 5.41) is 0. The molecule has 0 aliphatic heterocycles. The Morgan fingerprint density at radius 1 is 0.536 bits per heavy atom. The summed E-state index contributed by atoms with van der Waals surface area (Å²) >= 11 is 0. The average Bonchev–Trinajstić information content (AvgIpc) is 3.15. The van der Waals surface area contributed by atoms with Crippen molar-refractivity contribution in [3.8, 4) is 0 Å². The van der Waals surface area contributed by atoms with Gasteiger partial charge in [0.1, 0.15) is 19.8 Å². The molecule has 0 saturated carbocycles. The minimum absolute atomic E-state index is 0.0328. The third-order valence-electron chi connectivity index (χ3n) is 10.3. The quantitative estimate of drug-likeness (QED) is 0.0213. The predicted octanol–water partition coefficient (Wildman–Crippen LogP) is 13.4. The first-order valence-corrected chi connectivity index (χ1v) is 24.9. The molecule has 332 valence electrons. The highest BCUT2D eigenvalue weighted by Gasteiger charge is 2.27. The van der Waals surface area contributed by atoms with Crippen molar-refractivity contribution >= 4 is 19.8 Å². The Bertz CT molecular complexity index is 969. The van der Waals surface area contributed by atoms with E-state index in [0.717, 1.165) is 44.9 Å². The van der Waals surface area contributed by atoms with Crippen molar-refractivity contribution in [1.82, 2.24) is 0 Å². The Kier molecular flexibility index (Phi) is 38.3. The van der Waals surface area contributed by atoms with E-state index < -0.39 is 26.5 Å². The molecule has 0 fully saturated rings. The number of likely N-dealkylation sites (N-methyl/N-ethyl adjacent to an activating group) is 1. The molecule has 10 heteroatoms. The van der Waals surface area contributed by atoms with Crippen molar-refractivity contribution < 1.29 is 42.1 Å². The lowest BCUT2D eigenvalue weighted by Crippen LogP contribution is -2.37. The number of unbranched alkanes of at least 4 members (excludes halogenated alkanes) is 27. The Morgan fingerprint density at radius 3 is 1.34 bits per heavy atom. The summed E-state index contributed by atoms with van der Waals surface area (Å²) in [6, 6.07) is 0. The van der Waals surface area contributed by atoms with E-state index in [1.165, 1.54) is 141 Å². The lowest BCUT2D eigenvalue weighted by atomic mass is 10.0. The van der Waals surface area contributed by atoms with Gasteiger partial charge in [-0.3, -0.25) is 18.6 Å². The molecule has 2 atom stereocenters. The minimum atomic E-state index is -4.37. The maximum atomic E-state index is 12.7. The fraction of sp³-hybridized carbons (Fsp3) is 0.913. The number of carbonyl (C=O) groups is 2. The number of quaternary nitrogens is 1. The summed E-state index contributed by atoms with van der Waals surface area (Å²) in [4.78, 5) is 35.4. The van der Waals surface area contributed by atoms with E-state index in [9.17, 15) is 19.0 Å². The number of ether oxygens (including phenoxy) is 2. The van der Waals surface area contributed by atoms with Gasteiger partial charge in [0.2, 0.25) is 0 Å². The molecule has 0 bridgehead atoms. The molecule has 1 N–H and O–H groups in total. The Balaban J connectivity index is 4.28. The van der Waals surface area contributed by atoms with Crippen LogP contribution in [0.1, 0.15) is 219 Å². The number of hydrogen-bond donors (Lipinski definition) is 1. The van der Waals surface area contributed by atoms with E-state index in [0.29, 0.717) is 17.4 Å². The monoisotopic (exact) mass is 817 g/mol. The molecule has 0 aromatic heterocycles. The van der Waals surface area contributed by atoms with Gasteiger partial charge in [-0.2, -0.15) is 0 Å². The molecule has 0 spiro atoms. The number of phosphoric ester groups is 1. The summed E-state index contributed by atoms with van der Waals surface area (Å²) in [5.41, 5.74) is 0. The standard InChI is InChI=1S/C46H90NO8P/c1-6-8-10-12-14-16-18-20-21-22-23-24-25-27-29-31-33-35-37-39-46(49)55-44(43-54-56(50,51)53-41-40-47(3,4)5)42-52-45(48)38-36-34-32-30-28-26-19-17-15-13-11-9-7-2/h26,28,44H,6-25,27,29-43H2,1-5H3/p+1/b28-26+/t44-/m1/s1. The van der Waals surface area contributed by atoms with Crippen molar-refractivity contribution in [2.75, 3.05) is 47.5 Å². The van der Waals surface area contributed by atoms with Crippen LogP contribution in [0, 0.1) is 0 Å². The van der Waals surface area contributed by atoms with Crippen LogP contribution in [0.2, 0.25) is 0 Å². The molecular formula is C46H91NO8P+. The van der Waals surface area contributed by atoms with Gasteiger partial charge in [0.05, 0.1) is 27.7 Å². The van der Waals surface area contributed by atoms with Crippen LogP contribution in [0.3, 0.4) is 0 Å². The summed E-state index contributed by atoms with van der Waals surface area (Å²) in [6.07, 6.45) is 41.2. The van der Waals surface area contributed by atoms with Gasteiger partial charge < -0.3 is 18.9 Å². The van der Waals surface area contributed by atoms with Gasteiger partial charge in [0.15, 0.2) is 6.10 Å². The van der Waals surface area contributed by atoms with E-state index in [2.05, 4.69) is 26.0 Å². The maximum Gasteiger partial charge on any atom is 0.472 e. The highest BCUT2D eigenvalue weighted by atomic mass is 31.2. The third kappa shape index (κ3) is 42.4. The zero-order valence-corrected chi connectivity index (χ0v) is 38.3. The largest absolute Gasteiger partial charge is 0.472 e. The molecular weight excluding hydrogens is 725 g/mol. The minimum Gasteiger partial charge on any atom is -0.462 e. The molecule has 0 radical (unpaired) electrons. The van der Waals surface area contributed by atoms with Gasteiger partial charge in [0.25, 0.3) is 0 Å². The van der Waals surface area contributed by atoms with Crippen LogP contribution in [0.4, 0.5) is 0 Å². The molecule has 0 rings (SSSR count). The van der Waals surface area contributed by atoms with Crippen LogP contribution in [0.25, 0.3) is 0 Å². The fourth-order valence-electron chi connectivity index (χ4n) is 6.60. The first kappa shape index (κ1) is 54.8. The molecule has 0 aromatic carbocycles. The zero-order chi connectivity index (χ0) is 41.4. The second-order valence-corrected chi connectivity index (χ2v) is 18.6. The topological polar surface area (TPSA) is 108 Å². The Labute approximate surface area is 346 Å². The molecule has 0 aliphatic carbocycles. The number of esters is 2. The predicted molar refractivity (Wildman–Crippen MR) is 234 cm³/mol. The van der Waals surface area contributed by atoms with Crippen molar-refractivity contribution in [2.45, 2.75) is 225 Å². The van der Waals surface area contributed by atoms with Crippen molar-refractivity contribution in [2.24, 2.45) is 0 Å². The van der Waals surface area contributed by atoms with Crippen molar-refractivity contribution in [3.05, 3.63) is 12.2 Å². The second-order valence-electron chi connectivity index (χ2n) is 17.1. The SMILES string of the molecule is CCCCCCCC/C=C/CCCCCC(=O)OC[C@H](COP(=O)(O)OCC[N+](C)(C)C)OC(=O)CCCCCCCCCCCCCCCCCCCCC. The zero-order valence-electron chi connectivity index (χ0n) is 37.4. The average molecular weight is 817 g/mol. The summed E-state index contributed by atoms with van der Waals surface area (Å²) < 4.78 is 34.3. The lowest BCUT2D eigenvalue weighted by Gasteiger charge is -2.24. The molecule has 0 amide bonds. The highest BCUT2D eigenvalue weighted by molar-refractivity contribution is 7.47. The normalized spacial score (nSPS) is 13.6. The van der Waals surface area contributed by atoms with Crippen LogP contribution in [-0.4, -0.2) is 74.9 Å². The van der Waals surface area contributed by atoms with Gasteiger partial charge in [0, 0.05) is 12.8 Å². The van der Waals surface area contributed by atoms with E-state index in [1.54, 1.807) is 0 Å². The second kappa shape index (κ2) is 39.2. The van der Waals surface area contributed by atoms with Crippen molar-refractivity contribution in [3.63, 3.8) is 0 Å². The number of hydrogen-bond acceptors (Lipinski definition) is 7. The van der Waals surface area contributed by atoms with E-state index in [-0.39, 0.29) is 32.0 Å². The number of nitrogens with zero attached hydrogens (tertiary/aromatic N) is 1. The fourth-order valence-corrected chi connectivity index (χ4v) is 7.34. The molecule has 0 aliphatic rings. The van der Waals surface area contributed by atoms with Gasteiger partial charge in [-0.25, -0.2) is 4.57 Å². The Morgan fingerprint density at radius 2 is 0.911 bits per heavy atom. The van der Waals surface area contributed by atoms with Crippen LogP contribution >= 0.6 is 7.82 Å². The van der Waals surface area contributed by atoms with Gasteiger partial charge in [-0.05, 0) is 38.5 Å². The maximum absolute atomic E-state index is 12.7. The van der Waals surface area contributed by atoms with E-state index in [1.807, 2.05) is 21.1 Å². The molecule has 0 saturated heterocycles. The van der Waals surface area contributed by atoms with Crippen LogP contribution in [0.15, 0.2) is 12.2 Å². The van der Waals surface area contributed by atoms with Crippen LogP contribution in [0.5, 0.6) is 0 Å². The molecule has 0 heterocycles. The van der Waals surface area contributed by atoms with Gasteiger partial charge in [-0.1, -0.05) is 180 Å². The first-order chi connectivity index (χ1) is 27.0. The highest BCUT2D eigenvalue weighted by Crippen LogP contribution is 2.43. The Hall–Kier alpha value is -1.25. The summed E-state index contributed by atoms with van der Waals surface area (Å²) in [5.74, 6) is -0.806. The molecule has 56 heavy (non-hydrogen) atoms. The van der Waals surface area contributed by atoms with E-state index >= 15 is 0 Å². The lowest BCUT2D eigenvalue weighted by molar-refractivity contribution is -0.870. The van der Waals surface area contributed by atoms with Gasteiger partial charge >= 0.3 is 19.8 Å². The van der Waals surface area contributed by atoms with Crippen molar-refractivity contribution in [1.29, 1.82) is 0 Å². The van der Waals surface area contributed by atoms with E-state index in [4.69, 9.17) is 18.5 Å². The number of phosphoric acid groups is 1. The summed E-state index contributed by atoms with van der Waals surface area (Å²) in [7, 11) is 1.48. The molecule has 0 aromatic rings. The molecule has 1 unspecified atom stereocenters.